The zero-order valence-electron chi connectivity index (χ0n) is 20.3. The van der Waals surface area contributed by atoms with E-state index in [4.69, 9.17) is 23.2 Å². The van der Waals surface area contributed by atoms with Crippen LogP contribution < -0.4 is 10.2 Å². The quantitative estimate of drug-likeness (QED) is 0.497. The fraction of sp³-hybridized carbons (Fsp3) is 0.385. The molecule has 0 spiro atoms. The van der Waals surface area contributed by atoms with Crippen LogP contribution in [0.1, 0.15) is 27.6 Å². The summed E-state index contributed by atoms with van der Waals surface area (Å²) in [5.74, 6) is 0.470. The number of hydrogen-bond acceptors (Lipinski definition) is 5. The van der Waals surface area contributed by atoms with Crippen molar-refractivity contribution in [1.29, 1.82) is 0 Å². The Morgan fingerprint density at radius 2 is 1.71 bits per heavy atom. The molecule has 2 N–H and O–H groups in total. The summed E-state index contributed by atoms with van der Waals surface area (Å²) < 4.78 is 1.99. The Labute approximate surface area is 216 Å². The number of aliphatic hydroxyl groups is 1. The number of aliphatic hydroxyl groups excluding tert-OH is 1. The Bertz CT molecular complexity index is 1200. The fourth-order valence-electron chi connectivity index (χ4n) is 4.59. The molecular weight excluding hydrogens is 485 g/mol. The third kappa shape index (κ3) is 5.64. The molecule has 1 unspecified atom stereocenters. The minimum absolute atomic E-state index is 0.162. The van der Waals surface area contributed by atoms with Gasteiger partial charge in [-0.3, -0.25) is 9.69 Å². The summed E-state index contributed by atoms with van der Waals surface area (Å²) in [5.41, 5.74) is 4.20. The predicted octanol–water partition coefficient (Wildman–Crippen LogP) is 4.02. The smallest absolute Gasteiger partial charge is 0.271 e. The van der Waals surface area contributed by atoms with Gasteiger partial charge in [0.25, 0.3) is 5.91 Å². The first-order valence-electron chi connectivity index (χ1n) is 11.8. The second-order valence-electron chi connectivity index (χ2n) is 8.94. The van der Waals surface area contributed by atoms with Crippen LogP contribution in [0.5, 0.6) is 0 Å². The van der Waals surface area contributed by atoms with Crippen molar-refractivity contribution < 1.29 is 9.90 Å². The molecule has 1 atom stereocenters. The van der Waals surface area contributed by atoms with Crippen molar-refractivity contribution in [2.45, 2.75) is 26.9 Å². The molecule has 0 saturated carbocycles. The van der Waals surface area contributed by atoms with Crippen LogP contribution in [0.25, 0.3) is 5.69 Å². The molecule has 0 radical (unpaired) electrons. The molecule has 0 bridgehead atoms. The lowest BCUT2D eigenvalue weighted by molar-refractivity contribution is 0.0847. The highest BCUT2D eigenvalue weighted by Gasteiger charge is 2.23. The number of para-hydroxylation sites is 1. The maximum Gasteiger partial charge on any atom is 0.271 e. The molecule has 1 fully saturated rings. The van der Waals surface area contributed by atoms with E-state index in [0.717, 1.165) is 54.6 Å². The van der Waals surface area contributed by atoms with Crippen LogP contribution in [-0.2, 0) is 0 Å². The lowest BCUT2D eigenvalue weighted by atomic mass is 10.2. The molecule has 4 rings (SSSR count). The van der Waals surface area contributed by atoms with Crippen molar-refractivity contribution in [3.05, 3.63) is 75.3 Å². The first-order chi connectivity index (χ1) is 16.8. The molecule has 7 nitrogen and oxygen atoms in total. The number of anilines is 1. The van der Waals surface area contributed by atoms with E-state index in [-0.39, 0.29) is 12.5 Å². The van der Waals surface area contributed by atoms with Gasteiger partial charge in [0.15, 0.2) is 0 Å². The Morgan fingerprint density at radius 1 is 1.03 bits per heavy atom. The number of carbonyl (C=O) groups excluding carboxylic acids is 1. The summed E-state index contributed by atoms with van der Waals surface area (Å²) in [7, 11) is 0. The highest BCUT2D eigenvalue weighted by Crippen LogP contribution is 2.32. The first kappa shape index (κ1) is 25.5. The molecule has 1 aliphatic rings. The van der Waals surface area contributed by atoms with Gasteiger partial charge in [-0.15, -0.1) is 0 Å². The molecule has 2 aromatic carbocycles. The molecule has 2 heterocycles. The van der Waals surface area contributed by atoms with Crippen LogP contribution in [0.4, 0.5) is 5.69 Å². The number of β-amino-alcohol motifs (C(OH)–C–C–N with tert-alkyl or cyclic N) is 1. The van der Waals surface area contributed by atoms with Gasteiger partial charge in [-0.05, 0) is 44.5 Å². The van der Waals surface area contributed by atoms with Crippen molar-refractivity contribution in [3.8, 4) is 5.69 Å². The second kappa shape index (κ2) is 11.0. The van der Waals surface area contributed by atoms with E-state index in [1.807, 2.05) is 61.7 Å². The zero-order valence-corrected chi connectivity index (χ0v) is 21.8. The number of carbonyl (C=O) groups is 1. The van der Waals surface area contributed by atoms with E-state index in [2.05, 4.69) is 20.1 Å². The van der Waals surface area contributed by atoms with E-state index < -0.39 is 6.10 Å². The highest BCUT2D eigenvalue weighted by atomic mass is 35.5. The summed E-state index contributed by atoms with van der Waals surface area (Å²) in [6, 6.07) is 13.7. The van der Waals surface area contributed by atoms with Crippen molar-refractivity contribution in [3.63, 3.8) is 0 Å². The number of benzene rings is 2. The Hall–Kier alpha value is -2.58. The largest absolute Gasteiger partial charge is 0.390 e. The number of hydrogen-bond donors (Lipinski definition) is 2. The van der Waals surface area contributed by atoms with Crippen LogP contribution in [0.2, 0.25) is 10.0 Å². The van der Waals surface area contributed by atoms with Crippen molar-refractivity contribution in [2.24, 2.45) is 0 Å². The number of amides is 1. The summed E-state index contributed by atoms with van der Waals surface area (Å²) in [6.45, 7) is 9.60. The van der Waals surface area contributed by atoms with Gasteiger partial charge in [0.05, 0.1) is 27.5 Å². The predicted molar refractivity (Wildman–Crippen MR) is 141 cm³/mol. The molecule has 1 saturated heterocycles. The fourth-order valence-corrected chi connectivity index (χ4v) is 5.01. The average Bonchev–Trinajstić information content (AvgIpc) is 3.14. The number of imidazole rings is 1. The van der Waals surface area contributed by atoms with E-state index in [1.165, 1.54) is 0 Å². The van der Waals surface area contributed by atoms with Crippen LogP contribution in [-0.4, -0.2) is 70.8 Å². The number of aryl methyl sites for hydroxylation is 2. The van der Waals surface area contributed by atoms with E-state index in [1.54, 1.807) is 6.07 Å². The van der Waals surface area contributed by atoms with Gasteiger partial charge in [0.1, 0.15) is 11.5 Å². The van der Waals surface area contributed by atoms with E-state index >= 15 is 0 Å². The van der Waals surface area contributed by atoms with Crippen LogP contribution >= 0.6 is 23.2 Å². The number of aromatic nitrogens is 2. The normalized spacial score (nSPS) is 15.3. The highest BCUT2D eigenvalue weighted by molar-refractivity contribution is 6.43. The SMILES string of the molecule is Cc1ccccc1-n1c(C)nc(C(=O)NCC(O)CN2CCN(c3cccc(Cl)c3Cl)CC2)c1C. The van der Waals surface area contributed by atoms with Gasteiger partial charge >= 0.3 is 0 Å². The molecule has 0 aliphatic carbocycles. The topological polar surface area (TPSA) is 73.6 Å². The molecular formula is C26H31Cl2N5O2. The Balaban J connectivity index is 1.30. The van der Waals surface area contributed by atoms with Gasteiger partial charge in [0.2, 0.25) is 0 Å². The van der Waals surface area contributed by atoms with Gasteiger partial charge in [-0.2, -0.15) is 0 Å². The summed E-state index contributed by atoms with van der Waals surface area (Å²) in [6.07, 6.45) is -0.680. The Morgan fingerprint density at radius 3 is 2.43 bits per heavy atom. The summed E-state index contributed by atoms with van der Waals surface area (Å²) in [5, 5.41) is 14.5. The molecule has 1 aromatic heterocycles. The van der Waals surface area contributed by atoms with Gasteiger partial charge in [0, 0.05) is 45.0 Å². The van der Waals surface area contributed by atoms with Crippen LogP contribution in [0.3, 0.4) is 0 Å². The third-order valence-corrected chi connectivity index (χ3v) is 7.27. The number of rotatable bonds is 7. The molecule has 186 valence electrons. The monoisotopic (exact) mass is 515 g/mol. The van der Waals surface area contributed by atoms with Crippen molar-refractivity contribution >= 4 is 34.8 Å². The standard InChI is InChI=1S/C26H31Cl2N5O2/c1-17-7-4-5-9-22(17)33-18(2)25(30-19(33)3)26(35)29-15-20(34)16-31-11-13-32(14-12-31)23-10-6-8-21(27)24(23)28/h4-10,20,34H,11-16H2,1-3H3,(H,29,35). The van der Waals surface area contributed by atoms with Crippen molar-refractivity contribution in [2.75, 3.05) is 44.2 Å². The van der Waals surface area contributed by atoms with Crippen molar-refractivity contribution in [1.82, 2.24) is 19.8 Å². The average molecular weight is 516 g/mol. The maximum absolute atomic E-state index is 12.9. The van der Waals surface area contributed by atoms with E-state index in [0.29, 0.717) is 22.3 Å². The number of nitrogens with one attached hydrogen (secondary N) is 1. The molecule has 9 heteroatoms. The van der Waals surface area contributed by atoms with Gasteiger partial charge in [-0.25, -0.2) is 4.98 Å². The van der Waals surface area contributed by atoms with Gasteiger partial charge in [-0.1, -0.05) is 47.5 Å². The number of halogens is 2. The molecule has 1 amide bonds. The maximum atomic E-state index is 12.9. The van der Waals surface area contributed by atoms with Crippen LogP contribution in [0, 0.1) is 20.8 Å². The molecule has 3 aromatic rings. The Kier molecular flexibility index (Phi) is 8.02. The summed E-state index contributed by atoms with van der Waals surface area (Å²) >= 11 is 12.5. The minimum atomic E-state index is -0.680. The minimum Gasteiger partial charge on any atom is -0.390 e. The first-order valence-corrected chi connectivity index (χ1v) is 12.5. The third-order valence-electron chi connectivity index (χ3n) is 6.46. The molecule has 1 aliphatic heterocycles. The van der Waals surface area contributed by atoms with Gasteiger partial charge < -0.3 is 19.9 Å². The van der Waals surface area contributed by atoms with E-state index in [9.17, 15) is 9.90 Å². The summed E-state index contributed by atoms with van der Waals surface area (Å²) in [4.78, 5) is 21.8. The number of nitrogens with zero attached hydrogens (tertiary/aromatic N) is 4. The second-order valence-corrected chi connectivity index (χ2v) is 9.72. The zero-order chi connectivity index (χ0) is 25.1. The van der Waals surface area contributed by atoms with Crippen LogP contribution in [0.15, 0.2) is 42.5 Å². The lowest BCUT2D eigenvalue weighted by Gasteiger charge is -2.37. The lowest BCUT2D eigenvalue weighted by Crippen LogP contribution is -2.50. The molecule has 35 heavy (non-hydrogen) atoms. The number of piperazine rings is 1.